The molecule has 0 bridgehead atoms. The number of aromatic nitrogens is 9. The first-order valence-corrected chi connectivity index (χ1v) is 17.6. The normalized spacial score (nSPS) is 11.3. The van der Waals surface area contributed by atoms with Crippen LogP contribution >= 0.6 is 0 Å². The van der Waals surface area contributed by atoms with Crippen LogP contribution in [0.5, 0.6) is 0 Å². The molecule has 5 heterocycles. The van der Waals surface area contributed by atoms with Crippen molar-refractivity contribution in [1.82, 2.24) is 44.0 Å². The van der Waals surface area contributed by atoms with Gasteiger partial charge in [0, 0.05) is 52.6 Å². The molecule has 10 aromatic rings. The van der Waals surface area contributed by atoms with Crippen molar-refractivity contribution in [2.24, 2.45) is 0 Å². The van der Waals surface area contributed by atoms with Gasteiger partial charge in [0.2, 0.25) is 0 Å². The van der Waals surface area contributed by atoms with Gasteiger partial charge in [0.05, 0.1) is 33.4 Å². The van der Waals surface area contributed by atoms with Gasteiger partial charge in [-0.2, -0.15) is 0 Å². The fourth-order valence-corrected chi connectivity index (χ4v) is 6.97. The molecule has 0 atom stereocenters. The van der Waals surface area contributed by atoms with Gasteiger partial charge in [-0.15, -0.1) is 0 Å². The van der Waals surface area contributed by atoms with E-state index < -0.39 is 0 Å². The van der Waals surface area contributed by atoms with Gasteiger partial charge < -0.3 is 0 Å². The number of fused-ring (bicyclic) bond motifs is 2. The van der Waals surface area contributed by atoms with E-state index in [2.05, 4.69) is 55.5 Å². The summed E-state index contributed by atoms with van der Waals surface area (Å²) < 4.78 is 4.33. The number of hydrogen-bond acceptors (Lipinski definition) is 7. The zero-order chi connectivity index (χ0) is 35.8. The highest BCUT2D eigenvalue weighted by atomic mass is 15.1. The molecule has 0 fully saturated rings. The van der Waals surface area contributed by atoms with Crippen molar-refractivity contribution in [3.63, 3.8) is 0 Å². The first-order chi connectivity index (χ1) is 26.8. The van der Waals surface area contributed by atoms with E-state index in [-0.39, 0.29) is 0 Å². The maximum atomic E-state index is 5.29. The summed E-state index contributed by atoms with van der Waals surface area (Å²) in [5.74, 6) is 3.17. The Bertz CT molecular complexity index is 2760. The maximum Gasteiger partial charge on any atom is 0.166 e. The van der Waals surface area contributed by atoms with Crippen LogP contribution < -0.4 is 0 Å². The third-order valence-electron chi connectivity index (χ3n) is 9.40. The Morgan fingerprint density at radius 1 is 0.333 bits per heavy atom. The molecule has 0 aliphatic carbocycles. The highest BCUT2D eigenvalue weighted by Crippen LogP contribution is 2.37. The van der Waals surface area contributed by atoms with E-state index in [1.807, 2.05) is 128 Å². The van der Waals surface area contributed by atoms with Crippen LogP contribution in [0, 0.1) is 0 Å². The van der Waals surface area contributed by atoms with Crippen LogP contribution in [0.1, 0.15) is 0 Å². The van der Waals surface area contributed by atoms with Crippen molar-refractivity contribution >= 4 is 22.1 Å². The second-order valence-electron chi connectivity index (χ2n) is 12.7. The Kier molecular flexibility index (Phi) is 7.58. The van der Waals surface area contributed by atoms with Crippen molar-refractivity contribution in [3.05, 3.63) is 176 Å². The summed E-state index contributed by atoms with van der Waals surface area (Å²) in [6, 6.07) is 50.6. The highest BCUT2D eigenvalue weighted by Gasteiger charge is 2.23. The lowest BCUT2D eigenvalue weighted by atomic mass is 10.1. The van der Waals surface area contributed by atoms with Crippen molar-refractivity contribution in [2.45, 2.75) is 0 Å². The molecule has 0 amide bonds. The molecule has 9 nitrogen and oxygen atoms in total. The minimum absolute atomic E-state index is 0.530. The zero-order valence-electron chi connectivity index (χ0n) is 28.8. The van der Waals surface area contributed by atoms with Crippen LogP contribution in [0.25, 0.3) is 90.4 Å². The number of para-hydroxylation sites is 6. The number of imidazole rings is 2. The number of hydrogen-bond donors (Lipinski definition) is 0. The molecule has 0 unspecified atom stereocenters. The molecule has 0 radical (unpaired) electrons. The zero-order valence-corrected chi connectivity index (χ0v) is 28.8. The Morgan fingerprint density at radius 3 is 1.26 bits per heavy atom. The van der Waals surface area contributed by atoms with Crippen molar-refractivity contribution < 1.29 is 0 Å². The molecule has 0 saturated carbocycles. The molecular weight excluding hydrogens is 667 g/mol. The van der Waals surface area contributed by atoms with Crippen molar-refractivity contribution in [3.8, 4) is 68.3 Å². The molecule has 254 valence electrons. The first kappa shape index (κ1) is 31.1. The topological polar surface area (TPSA) is 100 Å². The second kappa shape index (κ2) is 13.2. The molecule has 10 rings (SSSR count). The SMILES string of the molecule is c1ccc(-c2nc(-c3ccccc3-n3c(-c4cccnc4)nc4ccccc43)nc(-c3ccccc3-n3c(-c4cccnc4)nc4ccccc43)n2)cc1. The van der Waals surface area contributed by atoms with E-state index in [0.717, 1.165) is 72.9 Å². The first-order valence-electron chi connectivity index (χ1n) is 17.6. The lowest BCUT2D eigenvalue weighted by Crippen LogP contribution is -2.06. The minimum Gasteiger partial charge on any atom is -0.292 e. The maximum absolute atomic E-state index is 5.29. The smallest absolute Gasteiger partial charge is 0.166 e. The van der Waals surface area contributed by atoms with Gasteiger partial charge in [-0.3, -0.25) is 19.1 Å². The summed E-state index contributed by atoms with van der Waals surface area (Å²) in [4.78, 5) is 34.6. The van der Waals surface area contributed by atoms with Crippen LogP contribution in [0.2, 0.25) is 0 Å². The summed E-state index contributed by atoms with van der Waals surface area (Å²) in [6.45, 7) is 0. The van der Waals surface area contributed by atoms with E-state index in [1.54, 1.807) is 12.4 Å². The van der Waals surface area contributed by atoms with Crippen LogP contribution in [0.3, 0.4) is 0 Å². The molecule has 54 heavy (non-hydrogen) atoms. The quantitative estimate of drug-likeness (QED) is 0.164. The van der Waals surface area contributed by atoms with E-state index in [1.165, 1.54) is 0 Å². The third kappa shape index (κ3) is 5.39. The van der Waals surface area contributed by atoms with E-state index in [9.17, 15) is 0 Å². The van der Waals surface area contributed by atoms with Crippen LogP contribution in [-0.2, 0) is 0 Å². The molecule has 5 aromatic heterocycles. The number of nitrogens with zero attached hydrogens (tertiary/aromatic N) is 9. The fraction of sp³-hybridized carbons (Fsp3) is 0. The lowest BCUT2D eigenvalue weighted by Gasteiger charge is -2.17. The van der Waals surface area contributed by atoms with Crippen LogP contribution in [0.15, 0.2) is 176 Å². The van der Waals surface area contributed by atoms with E-state index in [4.69, 9.17) is 24.9 Å². The highest BCUT2D eigenvalue weighted by molar-refractivity contribution is 5.88. The second-order valence-corrected chi connectivity index (χ2v) is 12.7. The fourth-order valence-electron chi connectivity index (χ4n) is 6.97. The van der Waals surface area contributed by atoms with Gasteiger partial charge >= 0.3 is 0 Å². The molecule has 0 aliphatic heterocycles. The third-order valence-corrected chi connectivity index (χ3v) is 9.40. The standard InChI is InChI=1S/C45H29N9/c1-2-14-30(15-3-1)41-50-42(33-18-4-8-22-37(33)53-39-24-10-6-20-35(39)48-44(53)31-16-12-26-46-28-31)52-43(51-41)34-19-5-9-23-38(34)54-40-25-11-7-21-36(40)49-45(54)32-17-13-27-47-29-32/h1-29H. The van der Waals surface area contributed by atoms with Crippen LogP contribution in [-0.4, -0.2) is 44.0 Å². The van der Waals surface area contributed by atoms with Gasteiger partial charge in [0.15, 0.2) is 17.5 Å². The summed E-state index contributed by atoms with van der Waals surface area (Å²) in [7, 11) is 0. The molecule has 9 heteroatoms. The van der Waals surface area contributed by atoms with Gasteiger partial charge in [0.1, 0.15) is 11.6 Å². The van der Waals surface area contributed by atoms with Gasteiger partial charge in [-0.1, -0.05) is 78.9 Å². The van der Waals surface area contributed by atoms with E-state index in [0.29, 0.717) is 17.5 Å². The Hall–Kier alpha value is -7.65. The molecule has 0 saturated heterocycles. The molecule has 5 aromatic carbocycles. The Balaban J connectivity index is 1.23. The van der Waals surface area contributed by atoms with E-state index >= 15 is 0 Å². The monoisotopic (exact) mass is 695 g/mol. The lowest BCUT2D eigenvalue weighted by molar-refractivity contribution is 1.04. The minimum atomic E-state index is 0.530. The summed E-state index contributed by atoms with van der Waals surface area (Å²) in [6.07, 6.45) is 7.22. The number of pyridine rings is 2. The average Bonchev–Trinajstić information content (AvgIpc) is 3.84. The van der Waals surface area contributed by atoms with Crippen molar-refractivity contribution in [2.75, 3.05) is 0 Å². The number of benzene rings is 5. The van der Waals surface area contributed by atoms with Crippen molar-refractivity contribution in [1.29, 1.82) is 0 Å². The molecule has 0 aliphatic rings. The summed E-state index contributed by atoms with van der Waals surface area (Å²) in [5, 5.41) is 0. The summed E-state index contributed by atoms with van der Waals surface area (Å²) >= 11 is 0. The summed E-state index contributed by atoms with van der Waals surface area (Å²) in [5.41, 5.74) is 9.77. The largest absolute Gasteiger partial charge is 0.292 e. The molecular formula is C45H29N9. The Morgan fingerprint density at radius 2 is 0.759 bits per heavy atom. The Labute approximate surface area is 310 Å². The van der Waals surface area contributed by atoms with Crippen LogP contribution in [0.4, 0.5) is 0 Å². The van der Waals surface area contributed by atoms with Gasteiger partial charge in [-0.05, 0) is 72.8 Å². The predicted molar refractivity (Wildman–Crippen MR) is 212 cm³/mol. The predicted octanol–water partition coefficient (Wildman–Crippen LogP) is 9.67. The van der Waals surface area contributed by atoms with Gasteiger partial charge in [-0.25, -0.2) is 24.9 Å². The molecule has 0 N–H and O–H groups in total. The molecule has 0 spiro atoms. The number of rotatable bonds is 7. The van der Waals surface area contributed by atoms with Gasteiger partial charge in [0.25, 0.3) is 0 Å². The average molecular weight is 696 g/mol.